The number of aryl methyl sites for hydroxylation is 2. The van der Waals surface area contributed by atoms with E-state index >= 15 is 0 Å². The molecule has 0 spiro atoms. The minimum absolute atomic E-state index is 0.933. The van der Waals surface area contributed by atoms with Crippen molar-refractivity contribution in [3.8, 4) is 5.82 Å². The van der Waals surface area contributed by atoms with Gasteiger partial charge in [0.25, 0.3) is 0 Å². The van der Waals surface area contributed by atoms with Crippen LogP contribution in [0.4, 0.5) is 11.5 Å². The number of hydrogen-bond donors (Lipinski definition) is 0. The first-order chi connectivity index (χ1) is 11.1. The van der Waals surface area contributed by atoms with Gasteiger partial charge in [0.15, 0.2) is 0 Å². The van der Waals surface area contributed by atoms with Crippen LogP contribution < -0.4 is 3.61 Å². The van der Waals surface area contributed by atoms with Crippen molar-refractivity contribution in [2.75, 3.05) is 3.61 Å². The third kappa shape index (κ3) is 3.09. The minimum atomic E-state index is 0.933. The Balaban J connectivity index is 2.06. The molecule has 0 saturated heterocycles. The molecule has 0 bridgehead atoms. The molecule has 0 unspecified atom stereocenters. The molecule has 2 aromatic heterocycles. The molecule has 0 aliphatic carbocycles. The van der Waals surface area contributed by atoms with E-state index in [2.05, 4.69) is 33.3 Å². The van der Waals surface area contributed by atoms with Crippen molar-refractivity contribution in [3.63, 3.8) is 0 Å². The van der Waals surface area contributed by atoms with Gasteiger partial charge >= 0.3 is 147 Å². The summed E-state index contributed by atoms with van der Waals surface area (Å²) in [4.78, 5) is 4.76. The molecule has 0 atom stereocenters. The fourth-order valence-corrected chi connectivity index (χ4v) is 3.30. The van der Waals surface area contributed by atoms with Crippen molar-refractivity contribution < 1.29 is 0 Å². The molecule has 2 heterocycles. The summed E-state index contributed by atoms with van der Waals surface area (Å²) in [6, 6.07) is 12.4. The summed E-state index contributed by atoms with van der Waals surface area (Å²) in [6.07, 6.45) is 4.12. The van der Waals surface area contributed by atoms with Crippen molar-refractivity contribution >= 4 is 30.3 Å². The molecule has 0 aliphatic heterocycles. The zero-order valence-corrected chi connectivity index (χ0v) is 16.2. The summed E-state index contributed by atoms with van der Waals surface area (Å²) >= 11 is 1.50. The van der Waals surface area contributed by atoms with Crippen LogP contribution in [0.3, 0.4) is 0 Å². The van der Waals surface area contributed by atoms with Crippen molar-refractivity contribution in [1.82, 2.24) is 19.3 Å². The Morgan fingerprint density at radius 3 is 2.61 bits per heavy atom. The molecule has 0 amide bonds. The van der Waals surface area contributed by atoms with E-state index in [0.717, 1.165) is 41.7 Å². The SMILES string of the molecule is CCCc1ccn(-c2c([N]([Ga])c3ccccc3)nc(C)n2C)n1. The predicted octanol–water partition coefficient (Wildman–Crippen LogP) is 3.09. The third-order valence-corrected chi connectivity index (χ3v) is 5.04. The first-order valence-electron chi connectivity index (χ1n) is 7.80. The van der Waals surface area contributed by atoms with Gasteiger partial charge < -0.3 is 0 Å². The second kappa shape index (κ2) is 6.68. The standard InChI is InChI=1S/C17H20N5.Ga/c1-4-8-15-11-12-22(20-15)17-16(18-13(2)21(17)3)19-14-9-6-5-7-10-14;/h5-7,9-12H,4,8H2,1-3H3;/q-1;+1. The maximum atomic E-state index is 4.76. The van der Waals surface area contributed by atoms with Crippen LogP contribution in [0, 0.1) is 6.92 Å². The Labute approximate surface area is 147 Å². The second-order valence-electron chi connectivity index (χ2n) is 5.57. The van der Waals surface area contributed by atoms with Gasteiger partial charge in [-0.3, -0.25) is 0 Å². The number of benzene rings is 1. The summed E-state index contributed by atoms with van der Waals surface area (Å²) in [5.74, 6) is 2.90. The van der Waals surface area contributed by atoms with E-state index in [-0.39, 0.29) is 0 Å². The van der Waals surface area contributed by atoms with E-state index in [1.54, 1.807) is 0 Å². The Kier molecular flexibility index (Phi) is 4.63. The Hall–Kier alpha value is -1.92. The van der Waals surface area contributed by atoms with E-state index in [1.807, 2.05) is 43.0 Å². The third-order valence-electron chi connectivity index (χ3n) is 3.90. The first kappa shape index (κ1) is 16.0. The fourth-order valence-electron chi connectivity index (χ4n) is 2.58. The average molecular weight is 364 g/mol. The van der Waals surface area contributed by atoms with Crippen LogP contribution in [-0.4, -0.2) is 38.2 Å². The molecular formula is C17H20GaN5. The molecule has 0 aliphatic rings. The van der Waals surface area contributed by atoms with Gasteiger partial charge in [0, 0.05) is 0 Å². The normalized spacial score (nSPS) is 10.9. The van der Waals surface area contributed by atoms with Crippen LogP contribution in [-0.2, 0) is 13.5 Å². The van der Waals surface area contributed by atoms with Gasteiger partial charge in [0.2, 0.25) is 0 Å². The van der Waals surface area contributed by atoms with E-state index in [9.17, 15) is 0 Å². The summed E-state index contributed by atoms with van der Waals surface area (Å²) in [6.45, 7) is 4.19. The molecule has 3 aromatic rings. The van der Waals surface area contributed by atoms with E-state index < -0.39 is 0 Å². The molecule has 2 radical (unpaired) electrons. The van der Waals surface area contributed by atoms with E-state index in [4.69, 9.17) is 10.1 Å². The summed E-state index contributed by atoms with van der Waals surface area (Å²) in [5, 5.41) is 4.72. The number of anilines is 2. The zero-order chi connectivity index (χ0) is 16.4. The van der Waals surface area contributed by atoms with Gasteiger partial charge in [0.1, 0.15) is 0 Å². The average Bonchev–Trinajstić information content (AvgIpc) is 3.13. The number of para-hydroxylation sites is 1. The quantitative estimate of drug-likeness (QED) is 0.654. The molecule has 0 N–H and O–H groups in total. The Bertz CT molecular complexity index is 791. The molecule has 3 rings (SSSR count). The monoisotopic (exact) mass is 363 g/mol. The van der Waals surface area contributed by atoms with Crippen molar-refractivity contribution in [2.24, 2.45) is 7.05 Å². The van der Waals surface area contributed by atoms with Crippen LogP contribution in [0.15, 0.2) is 42.6 Å². The number of imidazole rings is 1. The molecular weight excluding hydrogens is 344 g/mol. The number of hydrogen-bond acceptors (Lipinski definition) is 3. The number of rotatable bonds is 5. The molecule has 0 fully saturated rings. The summed E-state index contributed by atoms with van der Waals surface area (Å²) < 4.78 is 6.19. The Morgan fingerprint density at radius 1 is 1.17 bits per heavy atom. The van der Waals surface area contributed by atoms with Crippen LogP contribution >= 0.6 is 0 Å². The number of aromatic nitrogens is 4. The van der Waals surface area contributed by atoms with Gasteiger partial charge in [-0.25, -0.2) is 0 Å². The second-order valence-corrected chi connectivity index (χ2v) is 6.66. The van der Waals surface area contributed by atoms with Crippen molar-refractivity contribution in [1.29, 1.82) is 0 Å². The van der Waals surface area contributed by atoms with Gasteiger partial charge in [-0.1, -0.05) is 0 Å². The van der Waals surface area contributed by atoms with E-state index in [1.165, 1.54) is 18.8 Å². The van der Waals surface area contributed by atoms with Gasteiger partial charge in [-0.15, -0.1) is 0 Å². The van der Waals surface area contributed by atoms with Crippen molar-refractivity contribution in [3.05, 3.63) is 54.1 Å². The van der Waals surface area contributed by atoms with Crippen molar-refractivity contribution in [2.45, 2.75) is 26.7 Å². The van der Waals surface area contributed by atoms with Crippen LogP contribution in [0.1, 0.15) is 24.9 Å². The van der Waals surface area contributed by atoms with E-state index in [0.29, 0.717) is 0 Å². The fraction of sp³-hybridized carbons (Fsp3) is 0.294. The van der Waals surface area contributed by atoms with Crippen LogP contribution in [0.25, 0.3) is 5.82 Å². The summed E-state index contributed by atoms with van der Waals surface area (Å²) in [7, 11) is 2.04. The number of nitrogens with zero attached hydrogens (tertiary/aromatic N) is 5. The van der Waals surface area contributed by atoms with Crippen LogP contribution in [0.2, 0.25) is 0 Å². The van der Waals surface area contributed by atoms with Gasteiger partial charge in [-0.05, 0) is 0 Å². The molecule has 1 aromatic carbocycles. The summed E-state index contributed by atoms with van der Waals surface area (Å²) in [5.41, 5.74) is 2.25. The zero-order valence-electron chi connectivity index (χ0n) is 13.8. The first-order valence-corrected chi connectivity index (χ1v) is 8.88. The van der Waals surface area contributed by atoms with Gasteiger partial charge in [0.05, 0.1) is 0 Å². The maximum absolute atomic E-state index is 4.76. The molecule has 5 nitrogen and oxygen atoms in total. The molecule has 6 heteroatoms. The van der Waals surface area contributed by atoms with Gasteiger partial charge in [-0.2, -0.15) is 0 Å². The molecule has 116 valence electrons. The van der Waals surface area contributed by atoms with Crippen LogP contribution in [0.5, 0.6) is 0 Å². The predicted molar refractivity (Wildman–Crippen MR) is 93.4 cm³/mol. The Morgan fingerprint density at radius 2 is 1.91 bits per heavy atom. The molecule has 0 saturated carbocycles. The topological polar surface area (TPSA) is 38.9 Å². The molecule has 23 heavy (non-hydrogen) atoms.